The first-order valence-electron chi connectivity index (χ1n) is 2.76. The lowest BCUT2D eigenvalue weighted by atomic mass is 9.93. The summed E-state index contributed by atoms with van der Waals surface area (Å²) in [6, 6.07) is 0. The molecular weight excluding hydrogens is 86.1 g/mol. The van der Waals surface area contributed by atoms with Gasteiger partial charge in [0.2, 0.25) is 0 Å². The Morgan fingerprint density at radius 3 is 1.86 bits per heavy atom. The third-order valence-corrected chi connectivity index (χ3v) is 0.894. The van der Waals surface area contributed by atoms with Gasteiger partial charge in [0.25, 0.3) is 0 Å². The van der Waals surface area contributed by atoms with E-state index < -0.39 is 0 Å². The van der Waals surface area contributed by atoms with Gasteiger partial charge in [0.1, 0.15) is 0 Å². The summed E-state index contributed by atoms with van der Waals surface area (Å²) < 4.78 is 0. The molecule has 0 radical (unpaired) electrons. The van der Waals surface area contributed by atoms with Gasteiger partial charge in [0.15, 0.2) is 0 Å². The first-order chi connectivity index (χ1) is 3.06. The van der Waals surface area contributed by atoms with Crippen molar-refractivity contribution in [3.05, 3.63) is 0 Å². The molecule has 0 unspecified atom stereocenters. The summed E-state index contributed by atoms with van der Waals surface area (Å²) in [6.07, 6.45) is 1.12. The average Bonchev–Trinajstić information content (AvgIpc) is 1.30. The summed E-state index contributed by atoms with van der Waals surface area (Å²) in [6.45, 7) is 7.39. The zero-order valence-corrected chi connectivity index (χ0v) is 5.49. The van der Waals surface area contributed by atoms with E-state index in [0.29, 0.717) is 5.41 Å². The molecule has 0 bridgehead atoms. The van der Waals surface area contributed by atoms with Gasteiger partial charge in [-0.2, -0.15) is 0 Å². The molecule has 1 nitrogen and oxygen atoms in total. The number of nitrogens with two attached hydrogens (primary N) is 1. The molecule has 0 aliphatic rings. The van der Waals surface area contributed by atoms with Crippen LogP contribution in [0.3, 0.4) is 0 Å². The Kier molecular flexibility index (Phi) is 2.30. The van der Waals surface area contributed by atoms with Crippen molar-refractivity contribution in [2.75, 3.05) is 6.54 Å². The van der Waals surface area contributed by atoms with Gasteiger partial charge in [-0.1, -0.05) is 20.8 Å². The van der Waals surface area contributed by atoms with Crippen LogP contribution in [0.2, 0.25) is 0 Å². The quantitative estimate of drug-likeness (QED) is 0.536. The molecule has 0 heterocycles. The molecular formula is C6H17N. The predicted molar refractivity (Wildman–Crippen MR) is 35.2 cm³/mol. The summed E-state index contributed by atoms with van der Waals surface area (Å²) in [7, 11) is 0. The Balaban J connectivity index is 0. The van der Waals surface area contributed by atoms with E-state index in [2.05, 4.69) is 20.8 Å². The maximum atomic E-state index is 5.31. The van der Waals surface area contributed by atoms with Crippen molar-refractivity contribution in [2.45, 2.75) is 27.2 Å². The van der Waals surface area contributed by atoms with Gasteiger partial charge in [-0.25, -0.2) is 0 Å². The molecule has 1 heteroatoms. The summed E-state index contributed by atoms with van der Waals surface area (Å²) in [5, 5.41) is 0. The standard InChI is InChI=1S/C6H15N.H2/c1-6(2,3)4-5-7;/h4-5,7H2,1-3H3;1H. The zero-order chi connectivity index (χ0) is 5.91. The predicted octanol–water partition coefficient (Wildman–Crippen LogP) is 1.63. The lowest BCUT2D eigenvalue weighted by Gasteiger charge is -2.15. The van der Waals surface area contributed by atoms with Gasteiger partial charge in [0.05, 0.1) is 0 Å². The molecule has 0 aromatic heterocycles. The van der Waals surface area contributed by atoms with Crippen molar-refractivity contribution in [2.24, 2.45) is 11.1 Å². The molecule has 0 rings (SSSR count). The van der Waals surface area contributed by atoms with Gasteiger partial charge in [-0.15, -0.1) is 0 Å². The molecule has 0 fully saturated rings. The third-order valence-electron chi connectivity index (χ3n) is 0.894. The maximum absolute atomic E-state index is 5.31. The molecule has 0 saturated carbocycles. The van der Waals surface area contributed by atoms with Crippen molar-refractivity contribution in [1.29, 1.82) is 0 Å². The molecule has 7 heavy (non-hydrogen) atoms. The summed E-state index contributed by atoms with van der Waals surface area (Å²) in [5.41, 5.74) is 5.74. The van der Waals surface area contributed by atoms with E-state index >= 15 is 0 Å². The smallest absolute Gasteiger partial charge is 0 e. The van der Waals surface area contributed by atoms with Crippen molar-refractivity contribution >= 4 is 0 Å². The SMILES string of the molecule is CC(C)(C)CCN.[HH]. The van der Waals surface area contributed by atoms with Crippen LogP contribution >= 0.6 is 0 Å². The topological polar surface area (TPSA) is 26.0 Å². The van der Waals surface area contributed by atoms with Crippen molar-refractivity contribution in [1.82, 2.24) is 0 Å². The van der Waals surface area contributed by atoms with E-state index in [4.69, 9.17) is 5.73 Å². The van der Waals surface area contributed by atoms with E-state index in [-0.39, 0.29) is 1.43 Å². The van der Waals surface area contributed by atoms with Gasteiger partial charge in [0, 0.05) is 1.43 Å². The lowest BCUT2D eigenvalue weighted by Crippen LogP contribution is -2.12. The van der Waals surface area contributed by atoms with Crippen molar-refractivity contribution in [3.8, 4) is 0 Å². The Labute approximate surface area is 47.4 Å². The van der Waals surface area contributed by atoms with Crippen LogP contribution in [0.4, 0.5) is 0 Å². The second-order valence-electron chi connectivity index (χ2n) is 3.10. The van der Waals surface area contributed by atoms with Gasteiger partial charge >= 0.3 is 0 Å². The van der Waals surface area contributed by atoms with Crippen molar-refractivity contribution in [3.63, 3.8) is 0 Å². The van der Waals surface area contributed by atoms with E-state index in [9.17, 15) is 0 Å². The third kappa shape index (κ3) is 5.96. The fourth-order valence-corrected chi connectivity index (χ4v) is 0.433. The minimum Gasteiger partial charge on any atom is -0.330 e. The minimum atomic E-state index is 0. The Morgan fingerprint density at radius 2 is 1.86 bits per heavy atom. The number of hydrogen-bond donors (Lipinski definition) is 1. The second kappa shape index (κ2) is 2.31. The molecule has 0 aliphatic heterocycles. The highest BCUT2D eigenvalue weighted by atomic mass is 14.5. The molecule has 0 aromatic rings. The second-order valence-corrected chi connectivity index (χ2v) is 3.10. The van der Waals surface area contributed by atoms with E-state index in [1.54, 1.807) is 0 Å². The normalized spacial score (nSPS) is 12.0. The fourth-order valence-electron chi connectivity index (χ4n) is 0.433. The lowest BCUT2D eigenvalue weighted by molar-refractivity contribution is 0.385. The average molecular weight is 103 g/mol. The van der Waals surface area contributed by atoms with Gasteiger partial charge < -0.3 is 5.73 Å². The first kappa shape index (κ1) is 6.96. The van der Waals surface area contributed by atoms with E-state index in [0.717, 1.165) is 13.0 Å². The van der Waals surface area contributed by atoms with Crippen LogP contribution in [0.15, 0.2) is 0 Å². The van der Waals surface area contributed by atoms with E-state index in [1.165, 1.54) is 0 Å². The van der Waals surface area contributed by atoms with E-state index in [1.807, 2.05) is 0 Å². The Morgan fingerprint density at radius 1 is 1.43 bits per heavy atom. The van der Waals surface area contributed by atoms with Crippen LogP contribution < -0.4 is 5.73 Å². The van der Waals surface area contributed by atoms with Crippen LogP contribution in [-0.4, -0.2) is 6.54 Å². The monoisotopic (exact) mass is 103 g/mol. The summed E-state index contributed by atoms with van der Waals surface area (Å²) in [5.74, 6) is 0. The molecule has 0 spiro atoms. The Bertz CT molecular complexity index is 47.0. The van der Waals surface area contributed by atoms with Crippen molar-refractivity contribution < 1.29 is 1.43 Å². The fraction of sp³-hybridized carbons (Fsp3) is 1.00. The molecule has 0 amide bonds. The molecule has 0 aliphatic carbocycles. The summed E-state index contributed by atoms with van der Waals surface area (Å²) >= 11 is 0. The van der Waals surface area contributed by atoms with Crippen LogP contribution in [0, 0.1) is 5.41 Å². The Hall–Kier alpha value is -0.0400. The highest BCUT2D eigenvalue weighted by molar-refractivity contribution is 4.60. The molecule has 2 N–H and O–H groups in total. The zero-order valence-electron chi connectivity index (χ0n) is 5.49. The maximum Gasteiger partial charge on any atom is 0 e. The molecule has 0 saturated heterocycles. The highest BCUT2D eigenvalue weighted by Gasteiger charge is 2.06. The largest absolute Gasteiger partial charge is 0.330 e. The van der Waals surface area contributed by atoms with Gasteiger partial charge in [-0.05, 0) is 18.4 Å². The van der Waals surface area contributed by atoms with Crippen LogP contribution in [0.1, 0.15) is 28.6 Å². The molecule has 46 valence electrons. The van der Waals surface area contributed by atoms with Crippen LogP contribution in [0.25, 0.3) is 0 Å². The highest BCUT2D eigenvalue weighted by Crippen LogP contribution is 2.15. The summed E-state index contributed by atoms with van der Waals surface area (Å²) in [4.78, 5) is 0. The van der Waals surface area contributed by atoms with Gasteiger partial charge in [-0.3, -0.25) is 0 Å². The van der Waals surface area contributed by atoms with Crippen LogP contribution in [0.5, 0.6) is 0 Å². The minimum absolute atomic E-state index is 0. The van der Waals surface area contributed by atoms with Crippen LogP contribution in [-0.2, 0) is 0 Å². The molecule has 0 aromatic carbocycles. The number of rotatable bonds is 1. The molecule has 0 atom stereocenters. The first-order valence-corrected chi connectivity index (χ1v) is 2.76. The number of hydrogen-bond acceptors (Lipinski definition) is 1.